The molecule has 0 atom stereocenters. The highest BCUT2D eigenvalue weighted by Crippen LogP contribution is 2.29. The molecule has 0 spiro atoms. The molecule has 1 amide bonds. The standard InChI is InChI=1S/C12H19N3O2S/c13-9-12(2-6-17-7-3-12)11(16)15-4-1-10-14-5-8-18-10/h5,8H,1-4,6-7,9,13H2,(H,15,16). The van der Waals surface area contributed by atoms with E-state index in [1.54, 1.807) is 17.5 Å². The van der Waals surface area contributed by atoms with Gasteiger partial charge in [-0.2, -0.15) is 0 Å². The topological polar surface area (TPSA) is 77.2 Å². The second kappa shape index (κ2) is 6.26. The number of nitrogens with zero attached hydrogens (tertiary/aromatic N) is 1. The number of nitrogens with two attached hydrogens (primary N) is 1. The summed E-state index contributed by atoms with van der Waals surface area (Å²) in [6, 6.07) is 0. The number of hydrogen-bond acceptors (Lipinski definition) is 5. The van der Waals surface area contributed by atoms with Crippen LogP contribution in [0.2, 0.25) is 0 Å². The zero-order valence-corrected chi connectivity index (χ0v) is 11.2. The Labute approximate surface area is 111 Å². The molecule has 100 valence electrons. The van der Waals surface area contributed by atoms with Crippen LogP contribution in [0.4, 0.5) is 0 Å². The minimum absolute atomic E-state index is 0.0601. The van der Waals surface area contributed by atoms with E-state index >= 15 is 0 Å². The Morgan fingerprint density at radius 2 is 2.33 bits per heavy atom. The highest BCUT2D eigenvalue weighted by atomic mass is 32.1. The van der Waals surface area contributed by atoms with Crippen LogP contribution in [0.3, 0.4) is 0 Å². The smallest absolute Gasteiger partial charge is 0.227 e. The van der Waals surface area contributed by atoms with Crippen LogP contribution in [0.5, 0.6) is 0 Å². The number of aromatic nitrogens is 1. The Balaban J connectivity index is 1.82. The van der Waals surface area contributed by atoms with Crippen LogP contribution < -0.4 is 11.1 Å². The third kappa shape index (κ3) is 3.07. The molecule has 5 nitrogen and oxygen atoms in total. The average Bonchev–Trinajstić information content (AvgIpc) is 2.92. The molecule has 0 saturated carbocycles. The molecule has 1 fully saturated rings. The molecule has 1 aliphatic rings. The van der Waals surface area contributed by atoms with E-state index in [1.807, 2.05) is 5.38 Å². The van der Waals surface area contributed by atoms with Gasteiger partial charge in [0.05, 0.1) is 10.4 Å². The van der Waals surface area contributed by atoms with E-state index in [-0.39, 0.29) is 5.91 Å². The highest BCUT2D eigenvalue weighted by Gasteiger charge is 2.38. The normalized spacial score (nSPS) is 18.5. The van der Waals surface area contributed by atoms with Crippen molar-refractivity contribution >= 4 is 17.2 Å². The summed E-state index contributed by atoms with van der Waals surface area (Å²) in [5.74, 6) is 0.0601. The first-order valence-electron chi connectivity index (χ1n) is 6.21. The maximum absolute atomic E-state index is 12.2. The lowest BCUT2D eigenvalue weighted by molar-refractivity contribution is -0.135. The van der Waals surface area contributed by atoms with E-state index in [0.717, 1.165) is 11.4 Å². The van der Waals surface area contributed by atoms with Crippen LogP contribution in [0, 0.1) is 5.41 Å². The lowest BCUT2D eigenvalue weighted by Crippen LogP contribution is -2.49. The average molecular weight is 269 g/mol. The fourth-order valence-electron chi connectivity index (χ4n) is 2.13. The van der Waals surface area contributed by atoms with Crippen molar-refractivity contribution in [1.82, 2.24) is 10.3 Å². The second-order valence-corrected chi connectivity index (χ2v) is 5.51. The van der Waals surface area contributed by atoms with Crippen molar-refractivity contribution in [1.29, 1.82) is 0 Å². The lowest BCUT2D eigenvalue weighted by atomic mass is 9.79. The molecule has 0 bridgehead atoms. The molecule has 6 heteroatoms. The lowest BCUT2D eigenvalue weighted by Gasteiger charge is -2.34. The van der Waals surface area contributed by atoms with Gasteiger partial charge in [0.1, 0.15) is 0 Å². The fourth-order valence-corrected chi connectivity index (χ4v) is 2.75. The predicted molar refractivity (Wildman–Crippen MR) is 70.4 cm³/mol. The zero-order valence-electron chi connectivity index (χ0n) is 10.4. The van der Waals surface area contributed by atoms with Gasteiger partial charge in [0, 0.05) is 44.3 Å². The van der Waals surface area contributed by atoms with Crippen molar-refractivity contribution in [3.8, 4) is 0 Å². The summed E-state index contributed by atoms with van der Waals surface area (Å²) in [7, 11) is 0. The number of carbonyl (C=O) groups excluding carboxylic acids is 1. The van der Waals surface area contributed by atoms with E-state index in [9.17, 15) is 4.79 Å². The molecular weight excluding hydrogens is 250 g/mol. The van der Waals surface area contributed by atoms with E-state index in [1.165, 1.54) is 0 Å². The molecule has 0 radical (unpaired) electrons. The molecule has 3 N–H and O–H groups in total. The van der Waals surface area contributed by atoms with Crippen LogP contribution in [0.25, 0.3) is 0 Å². The molecule has 0 unspecified atom stereocenters. The Kier molecular flexibility index (Phi) is 4.68. The summed E-state index contributed by atoms with van der Waals surface area (Å²) >= 11 is 1.61. The first kappa shape index (κ1) is 13.5. The van der Waals surface area contributed by atoms with E-state index in [4.69, 9.17) is 10.5 Å². The zero-order chi connectivity index (χ0) is 12.8. The van der Waals surface area contributed by atoms with Gasteiger partial charge in [-0.15, -0.1) is 11.3 Å². The summed E-state index contributed by atoms with van der Waals surface area (Å²) in [4.78, 5) is 16.4. The minimum atomic E-state index is -0.429. The van der Waals surface area contributed by atoms with Gasteiger partial charge >= 0.3 is 0 Å². The second-order valence-electron chi connectivity index (χ2n) is 4.53. The number of ether oxygens (including phenoxy) is 1. The van der Waals surface area contributed by atoms with Crippen molar-refractivity contribution in [2.24, 2.45) is 11.1 Å². The molecule has 0 aliphatic carbocycles. The Morgan fingerprint density at radius 3 is 2.94 bits per heavy atom. The first-order chi connectivity index (χ1) is 8.77. The molecule has 0 aromatic carbocycles. The van der Waals surface area contributed by atoms with Crippen LogP contribution >= 0.6 is 11.3 Å². The molecule has 18 heavy (non-hydrogen) atoms. The number of thiazole rings is 1. The van der Waals surface area contributed by atoms with Crippen LogP contribution in [0.15, 0.2) is 11.6 Å². The van der Waals surface area contributed by atoms with Gasteiger partial charge < -0.3 is 15.8 Å². The van der Waals surface area contributed by atoms with Gasteiger partial charge in [-0.3, -0.25) is 4.79 Å². The van der Waals surface area contributed by atoms with Crippen molar-refractivity contribution < 1.29 is 9.53 Å². The molecule has 1 aliphatic heterocycles. The Bertz CT molecular complexity index is 375. The molecule has 1 aromatic rings. The van der Waals surface area contributed by atoms with Gasteiger partial charge in [-0.05, 0) is 12.8 Å². The monoisotopic (exact) mass is 269 g/mol. The fraction of sp³-hybridized carbons (Fsp3) is 0.667. The third-order valence-electron chi connectivity index (χ3n) is 3.43. The summed E-state index contributed by atoms with van der Waals surface area (Å²) in [5.41, 5.74) is 5.35. The largest absolute Gasteiger partial charge is 0.381 e. The minimum Gasteiger partial charge on any atom is -0.381 e. The van der Waals surface area contributed by atoms with Gasteiger partial charge in [-0.25, -0.2) is 4.98 Å². The van der Waals surface area contributed by atoms with Crippen molar-refractivity contribution in [2.75, 3.05) is 26.3 Å². The van der Waals surface area contributed by atoms with Crippen molar-refractivity contribution in [3.63, 3.8) is 0 Å². The number of rotatable bonds is 5. The molecule has 1 aromatic heterocycles. The quantitative estimate of drug-likeness (QED) is 0.818. The van der Waals surface area contributed by atoms with Crippen molar-refractivity contribution in [3.05, 3.63) is 16.6 Å². The Hall–Kier alpha value is -0.980. The first-order valence-corrected chi connectivity index (χ1v) is 7.09. The van der Waals surface area contributed by atoms with Gasteiger partial charge in [-0.1, -0.05) is 0 Å². The molecule has 2 rings (SSSR count). The van der Waals surface area contributed by atoms with Gasteiger partial charge in [0.2, 0.25) is 5.91 Å². The van der Waals surface area contributed by atoms with Crippen LogP contribution in [-0.4, -0.2) is 37.2 Å². The maximum atomic E-state index is 12.2. The predicted octanol–water partition coefficient (Wildman–Crippen LogP) is 0.557. The van der Waals surface area contributed by atoms with E-state index in [2.05, 4.69) is 10.3 Å². The number of carbonyl (C=O) groups is 1. The van der Waals surface area contributed by atoms with E-state index < -0.39 is 5.41 Å². The van der Waals surface area contributed by atoms with Gasteiger partial charge in [0.15, 0.2) is 0 Å². The summed E-state index contributed by atoms with van der Waals surface area (Å²) in [5, 5.41) is 5.96. The molecule has 2 heterocycles. The molecule has 1 saturated heterocycles. The SMILES string of the molecule is NCC1(C(=O)NCCc2nccs2)CCOCC1. The summed E-state index contributed by atoms with van der Waals surface area (Å²) in [6.07, 6.45) is 3.99. The Morgan fingerprint density at radius 1 is 1.56 bits per heavy atom. The third-order valence-corrected chi connectivity index (χ3v) is 4.27. The van der Waals surface area contributed by atoms with Crippen LogP contribution in [0.1, 0.15) is 17.8 Å². The number of nitrogens with one attached hydrogen (secondary N) is 1. The highest BCUT2D eigenvalue weighted by molar-refractivity contribution is 7.09. The van der Waals surface area contributed by atoms with Crippen LogP contribution in [-0.2, 0) is 16.0 Å². The number of hydrogen-bond donors (Lipinski definition) is 2. The van der Waals surface area contributed by atoms with Gasteiger partial charge in [0.25, 0.3) is 0 Å². The molecular formula is C12H19N3O2S. The van der Waals surface area contributed by atoms with Crippen molar-refractivity contribution in [2.45, 2.75) is 19.3 Å². The maximum Gasteiger partial charge on any atom is 0.227 e. The summed E-state index contributed by atoms with van der Waals surface area (Å²) < 4.78 is 5.30. The van der Waals surface area contributed by atoms with E-state index in [0.29, 0.717) is 39.1 Å². The number of amides is 1. The summed E-state index contributed by atoms with van der Waals surface area (Å²) in [6.45, 7) is 2.25.